The summed E-state index contributed by atoms with van der Waals surface area (Å²) >= 11 is 5.92. The van der Waals surface area contributed by atoms with Crippen molar-refractivity contribution < 1.29 is 9.18 Å². The number of halogens is 2. The number of rotatable bonds is 4. The predicted octanol–water partition coefficient (Wildman–Crippen LogP) is 3.73. The minimum Gasteiger partial charge on any atom is -0.308 e. The Bertz CT molecular complexity index is 934. The van der Waals surface area contributed by atoms with Crippen LogP contribution in [-0.4, -0.2) is 20.7 Å². The average Bonchev–Trinajstić information content (AvgIpc) is 3.29. The van der Waals surface area contributed by atoms with Crippen LogP contribution in [0.1, 0.15) is 18.4 Å². The maximum Gasteiger partial charge on any atom is 0.236 e. The highest BCUT2D eigenvalue weighted by molar-refractivity contribution is 6.30. The Morgan fingerprint density at radius 3 is 2.64 bits per heavy atom. The van der Waals surface area contributed by atoms with Crippen LogP contribution in [0.15, 0.2) is 55.0 Å². The monoisotopic (exact) mass is 356 g/mol. The summed E-state index contributed by atoms with van der Waals surface area (Å²) in [5.74, 6) is -0.134. The number of anilines is 1. The molecule has 2 heterocycles. The molecule has 5 nitrogen and oxygen atoms in total. The first-order valence-corrected chi connectivity index (χ1v) is 8.19. The Kier molecular flexibility index (Phi) is 3.77. The van der Waals surface area contributed by atoms with Gasteiger partial charge in [-0.1, -0.05) is 23.7 Å². The van der Waals surface area contributed by atoms with E-state index in [1.807, 2.05) is 12.1 Å². The summed E-state index contributed by atoms with van der Waals surface area (Å²) in [5.41, 5.74) is 0.914. The van der Waals surface area contributed by atoms with Gasteiger partial charge in [-0.3, -0.25) is 9.78 Å². The molecule has 1 amide bonds. The first-order valence-electron chi connectivity index (χ1n) is 7.81. The molecule has 3 aromatic rings. The molecule has 126 valence electrons. The third-order valence-electron chi connectivity index (χ3n) is 4.37. The molecule has 0 unspecified atom stereocenters. The standard InChI is InChI=1S/C18H14ClFN4O/c19-13-3-1-12(2-4-13)18(6-7-18)17(25)22-16-5-8-24(23-16)15-9-14(20)10-21-11-15/h1-5,8-11H,6-7H2,(H,22,23,25). The van der Waals surface area contributed by atoms with Crippen molar-refractivity contribution in [2.24, 2.45) is 0 Å². The number of hydrogen-bond acceptors (Lipinski definition) is 3. The lowest BCUT2D eigenvalue weighted by atomic mass is 9.95. The summed E-state index contributed by atoms with van der Waals surface area (Å²) in [6, 6.07) is 10.3. The van der Waals surface area contributed by atoms with Crippen molar-refractivity contribution in [2.75, 3.05) is 5.32 Å². The van der Waals surface area contributed by atoms with Gasteiger partial charge in [-0.05, 0) is 30.5 Å². The molecule has 1 fully saturated rings. The van der Waals surface area contributed by atoms with E-state index in [1.165, 1.54) is 16.9 Å². The van der Waals surface area contributed by atoms with Crippen LogP contribution in [0.25, 0.3) is 5.69 Å². The predicted molar refractivity (Wildman–Crippen MR) is 92.3 cm³/mol. The van der Waals surface area contributed by atoms with Crippen molar-refractivity contribution >= 4 is 23.3 Å². The van der Waals surface area contributed by atoms with Gasteiger partial charge in [-0.15, -0.1) is 0 Å². The molecular weight excluding hydrogens is 343 g/mol. The van der Waals surface area contributed by atoms with Gasteiger partial charge >= 0.3 is 0 Å². The number of carbonyl (C=O) groups is 1. The number of carbonyl (C=O) groups excluding carboxylic acids is 1. The van der Waals surface area contributed by atoms with E-state index < -0.39 is 11.2 Å². The van der Waals surface area contributed by atoms with Crippen LogP contribution < -0.4 is 5.32 Å². The van der Waals surface area contributed by atoms with Crippen LogP contribution in [0.3, 0.4) is 0 Å². The third-order valence-corrected chi connectivity index (χ3v) is 4.62. The van der Waals surface area contributed by atoms with E-state index in [2.05, 4.69) is 15.4 Å². The van der Waals surface area contributed by atoms with Gasteiger partial charge in [0.1, 0.15) is 5.82 Å². The van der Waals surface area contributed by atoms with E-state index in [4.69, 9.17) is 11.6 Å². The van der Waals surface area contributed by atoms with E-state index in [9.17, 15) is 9.18 Å². The van der Waals surface area contributed by atoms with Gasteiger partial charge in [-0.2, -0.15) is 5.10 Å². The zero-order valence-corrected chi connectivity index (χ0v) is 13.9. The Morgan fingerprint density at radius 2 is 1.96 bits per heavy atom. The molecule has 2 aromatic heterocycles. The zero-order chi connectivity index (χ0) is 17.4. The maximum atomic E-state index is 13.3. The van der Waals surface area contributed by atoms with Gasteiger partial charge in [-0.25, -0.2) is 9.07 Å². The van der Waals surface area contributed by atoms with Crippen molar-refractivity contribution in [3.8, 4) is 5.69 Å². The highest BCUT2D eigenvalue weighted by Gasteiger charge is 2.51. The van der Waals surface area contributed by atoms with Gasteiger partial charge in [0, 0.05) is 23.4 Å². The second-order valence-electron chi connectivity index (χ2n) is 6.05. The fourth-order valence-electron chi connectivity index (χ4n) is 2.84. The lowest BCUT2D eigenvalue weighted by Gasteiger charge is -2.14. The van der Waals surface area contributed by atoms with E-state index in [-0.39, 0.29) is 5.91 Å². The van der Waals surface area contributed by atoms with E-state index in [0.29, 0.717) is 16.5 Å². The summed E-state index contributed by atoms with van der Waals surface area (Å²) < 4.78 is 14.7. The second-order valence-corrected chi connectivity index (χ2v) is 6.49. The normalized spacial score (nSPS) is 15.0. The largest absolute Gasteiger partial charge is 0.308 e. The van der Waals surface area contributed by atoms with Gasteiger partial charge in [0.2, 0.25) is 5.91 Å². The summed E-state index contributed by atoms with van der Waals surface area (Å²) in [6.07, 6.45) is 5.84. The van der Waals surface area contributed by atoms with Crippen LogP contribution in [0.4, 0.5) is 10.2 Å². The molecule has 4 rings (SSSR count). The van der Waals surface area contributed by atoms with Gasteiger partial charge < -0.3 is 5.32 Å². The van der Waals surface area contributed by atoms with E-state index in [1.54, 1.807) is 24.4 Å². The topological polar surface area (TPSA) is 59.8 Å². The molecule has 1 aromatic carbocycles. The first kappa shape index (κ1) is 15.8. The lowest BCUT2D eigenvalue weighted by Crippen LogP contribution is -2.28. The summed E-state index contributed by atoms with van der Waals surface area (Å²) in [4.78, 5) is 16.5. The van der Waals surface area contributed by atoms with E-state index in [0.717, 1.165) is 24.6 Å². The number of nitrogens with zero attached hydrogens (tertiary/aromatic N) is 3. The zero-order valence-electron chi connectivity index (χ0n) is 13.1. The number of aromatic nitrogens is 3. The number of benzene rings is 1. The number of hydrogen-bond donors (Lipinski definition) is 1. The minimum atomic E-state index is -0.519. The minimum absolute atomic E-state index is 0.0996. The van der Waals surface area contributed by atoms with Crippen molar-refractivity contribution in [1.82, 2.24) is 14.8 Å². The molecular formula is C18H14ClFN4O. The fraction of sp³-hybridized carbons (Fsp3) is 0.167. The number of pyridine rings is 1. The molecule has 1 aliphatic rings. The summed E-state index contributed by atoms with van der Waals surface area (Å²) in [5, 5.41) is 7.75. The molecule has 0 saturated heterocycles. The highest BCUT2D eigenvalue weighted by Crippen LogP contribution is 2.49. The summed E-state index contributed by atoms with van der Waals surface area (Å²) in [6.45, 7) is 0. The smallest absolute Gasteiger partial charge is 0.236 e. The Balaban J connectivity index is 1.53. The molecule has 0 spiro atoms. The van der Waals surface area contributed by atoms with Gasteiger partial charge in [0.25, 0.3) is 0 Å². The second kappa shape index (κ2) is 5.97. The number of nitrogens with one attached hydrogen (secondary N) is 1. The van der Waals surface area contributed by atoms with Crippen molar-refractivity contribution in [2.45, 2.75) is 18.3 Å². The molecule has 1 aliphatic carbocycles. The average molecular weight is 357 g/mol. The molecule has 0 atom stereocenters. The molecule has 7 heteroatoms. The SMILES string of the molecule is O=C(Nc1ccn(-c2cncc(F)c2)n1)C1(c2ccc(Cl)cc2)CC1. The van der Waals surface area contributed by atoms with Crippen LogP contribution in [-0.2, 0) is 10.2 Å². The Labute approximate surface area is 148 Å². The highest BCUT2D eigenvalue weighted by atomic mass is 35.5. The van der Waals surface area contributed by atoms with Crippen molar-refractivity contribution in [3.05, 3.63) is 71.4 Å². The molecule has 0 aliphatic heterocycles. The fourth-order valence-corrected chi connectivity index (χ4v) is 2.96. The van der Waals surface area contributed by atoms with Gasteiger partial charge in [0.15, 0.2) is 5.82 Å². The molecule has 0 bridgehead atoms. The van der Waals surface area contributed by atoms with Gasteiger partial charge in [0.05, 0.1) is 23.5 Å². The van der Waals surface area contributed by atoms with Crippen LogP contribution in [0.2, 0.25) is 5.02 Å². The van der Waals surface area contributed by atoms with Crippen molar-refractivity contribution in [1.29, 1.82) is 0 Å². The van der Waals surface area contributed by atoms with E-state index >= 15 is 0 Å². The Hall–Kier alpha value is -2.73. The number of amides is 1. The Morgan fingerprint density at radius 1 is 1.20 bits per heavy atom. The van der Waals surface area contributed by atoms with Crippen LogP contribution in [0, 0.1) is 5.82 Å². The van der Waals surface area contributed by atoms with Crippen molar-refractivity contribution in [3.63, 3.8) is 0 Å². The lowest BCUT2D eigenvalue weighted by molar-refractivity contribution is -0.118. The molecule has 0 radical (unpaired) electrons. The molecule has 25 heavy (non-hydrogen) atoms. The quantitative estimate of drug-likeness (QED) is 0.774. The summed E-state index contributed by atoms with van der Waals surface area (Å²) in [7, 11) is 0. The maximum absolute atomic E-state index is 13.3. The third kappa shape index (κ3) is 3.00. The van der Waals surface area contributed by atoms with Crippen LogP contribution >= 0.6 is 11.6 Å². The first-order chi connectivity index (χ1) is 12.1. The molecule has 1 saturated carbocycles. The van der Waals surface area contributed by atoms with Crippen LogP contribution in [0.5, 0.6) is 0 Å². The molecule has 1 N–H and O–H groups in total.